The molecule has 0 aliphatic heterocycles. The lowest BCUT2D eigenvalue weighted by Crippen LogP contribution is -2.34. The molecule has 0 amide bonds. The van der Waals surface area contributed by atoms with Crippen molar-refractivity contribution in [1.29, 1.82) is 0 Å². The maximum Gasteiger partial charge on any atom is 0.319 e. The Balaban J connectivity index is 2.03. The number of rotatable bonds is 9. The largest absolute Gasteiger partial charge is 0.468 e. The Kier molecular flexibility index (Phi) is 7.57. The molecule has 0 saturated carbocycles. The molecule has 7 heteroatoms. The summed E-state index contributed by atoms with van der Waals surface area (Å²) in [5.41, 5.74) is 2.85. The highest BCUT2D eigenvalue weighted by Gasteiger charge is 2.07. The maximum absolute atomic E-state index is 10.8. The Labute approximate surface area is 116 Å². The van der Waals surface area contributed by atoms with E-state index >= 15 is 0 Å². The topological polar surface area (TPSA) is 80.7 Å². The molecule has 0 aromatic carbocycles. The second kappa shape index (κ2) is 8.98. The molecule has 1 rings (SSSR count). The van der Waals surface area contributed by atoms with Crippen molar-refractivity contribution in [2.75, 3.05) is 33.4 Å². The molecular weight excluding hydrogens is 268 g/mol. The van der Waals surface area contributed by atoms with E-state index in [2.05, 4.69) is 15.0 Å². The summed E-state index contributed by atoms with van der Waals surface area (Å²) in [6, 6.07) is 0. The van der Waals surface area contributed by atoms with Gasteiger partial charge in [-0.3, -0.25) is 4.79 Å². The Morgan fingerprint density at radius 2 is 2.42 bits per heavy atom. The van der Waals surface area contributed by atoms with E-state index in [9.17, 15) is 9.90 Å². The summed E-state index contributed by atoms with van der Waals surface area (Å²) >= 11 is 1.61. The van der Waals surface area contributed by atoms with E-state index in [1.165, 1.54) is 12.0 Å². The van der Waals surface area contributed by atoms with Crippen LogP contribution in [0.2, 0.25) is 0 Å². The van der Waals surface area contributed by atoms with Crippen molar-refractivity contribution < 1.29 is 19.4 Å². The van der Waals surface area contributed by atoms with E-state index in [1.54, 1.807) is 11.3 Å². The van der Waals surface area contributed by atoms with Gasteiger partial charge in [-0.2, -0.15) is 0 Å². The smallest absolute Gasteiger partial charge is 0.319 e. The Hall–Kier alpha value is -1.02. The van der Waals surface area contributed by atoms with Crippen LogP contribution in [0.4, 0.5) is 0 Å². The quantitative estimate of drug-likeness (QED) is 0.497. The number of carbonyl (C=O) groups excluding carboxylic acids is 1. The fraction of sp³-hybridized carbons (Fsp3) is 0.667. The zero-order chi connectivity index (χ0) is 14.1. The number of carbonyl (C=O) groups is 1. The van der Waals surface area contributed by atoms with E-state index in [-0.39, 0.29) is 19.1 Å². The molecule has 6 nitrogen and oxygen atoms in total. The van der Waals surface area contributed by atoms with Gasteiger partial charge < -0.3 is 19.9 Å². The van der Waals surface area contributed by atoms with E-state index in [0.717, 1.165) is 12.1 Å². The molecule has 2 N–H and O–H groups in total. The third-order valence-corrected chi connectivity index (χ3v) is 3.50. The molecule has 0 spiro atoms. The summed E-state index contributed by atoms with van der Waals surface area (Å²) in [5.74, 6) is -0.353. The highest BCUT2D eigenvalue weighted by molar-refractivity contribution is 7.09. The Bertz CT molecular complexity index is 384. The summed E-state index contributed by atoms with van der Waals surface area (Å²) in [5, 5.41) is 12.4. The second-order valence-corrected chi connectivity index (χ2v) is 4.99. The van der Waals surface area contributed by atoms with Gasteiger partial charge in [-0.1, -0.05) is 0 Å². The van der Waals surface area contributed by atoms with Crippen LogP contribution in [-0.4, -0.2) is 55.6 Å². The number of hydrogen-bond acceptors (Lipinski definition) is 7. The molecule has 0 fully saturated rings. The molecule has 1 aromatic heterocycles. The number of thiazole rings is 1. The average molecular weight is 288 g/mol. The zero-order valence-corrected chi connectivity index (χ0v) is 12.0. The predicted molar refractivity (Wildman–Crippen MR) is 72.3 cm³/mol. The van der Waals surface area contributed by atoms with Crippen LogP contribution in [0.1, 0.15) is 10.6 Å². The van der Waals surface area contributed by atoms with Crippen LogP contribution in [-0.2, 0) is 20.7 Å². The summed E-state index contributed by atoms with van der Waals surface area (Å²) in [6.07, 6.45) is 0.172. The van der Waals surface area contributed by atoms with Gasteiger partial charge in [-0.05, 0) is 6.92 Å². The number of nitrogens with zero attached hydrogens (tertiary/aromatic N) is 1. The number of aliphatic hydroxyl groups excluding tert-OH is 1. The number of aromatic nitrogens is 1. The number of esters is 1. The third-order valence-electron chi connectivity index (χ3n) is 2.51. The first kappa shape index (κ1) is 16.0. The van der Waals surface area contributed by atoms with Gasteiger partial charge in [0, 0.05) is 17.8 Å². The fourth-order valence-electron chi connectivity index (χ4n) is 1.42. The highest BCUT2D eigenvalue weighted by atomic mass is 32.1. The number of methoxy groups -OCH3 is 1. The minimum atomic E-state index is -0.632. The molecule has 0 aliphatic rings. The lowest BCUT2D eigenvalue weighted by Gasteiger charge is -2.11. The van der Waals surface area contributed by atoms with Crippen molar-refractivity contribution in [2.45, 2.75) is 19.4 Å². The molecule has 1 aromatic rings. The molecule has 108 valence electrons. The second-order valence-electron chi connectivity index (χ2n) is 4.05. The van der Waals surface area contributed by atoms with E-state index in [1.807, 2.05) is 12.4 Å². The van der Waals surface area contributed by atoms with E-state index < -0.39 is 6.10 Å². The first-order valence-electron chi connectivity index (χ1n) is 6.05. The first-order valence-corrected chi connectivity index (χ1v) is 6.93. The van der Waals surface area contributed by atoms with Crippen LogP contribution in [0.3, 0.4) is 0 Å². The van der Waals surface area contributed by atoms with Crippen molar-refractivity contribution in [2.24, 2.45) is 0 Å². The van der Waals surface area contributed by atoms with Crippen molar-refractivity contribution in [3.8, 4) is 0 Å². The summed E-state index contributed by atoms with van der Waals surface area (Å²) < 4.78 is 9.84. The van der Waals surface area contributed by atoms with E-state index in [0.29, 0.717) is 13.2 Å². The van der Waals surface area contributed by atoms with Gasteiger partial charge in [0.15, 0.2) is 0 Å². The number of hydrogen-bond donors (Lipinski definition) is 2. The van der Waals surface area contributed by atoms with Crippen LogP contribution in [0.25, 0.3) is 0 Å². The molecule has 0 aliphatic carbocycles. The summed E-state index contributed by atoms with van der Waals surface area (Å²) in [4.78, 5) is 16.2. The Morgan fingerprint density at radius 3 is 3.05 bits per heavy atom. The lowest BCUT2D eigenvalue weighted by molar-refractivity contribution is -0.139. The van der Waals surface area contributed by atoms with Gasteiger partial charge in [0.1, 0.15) is 0 Å². The molecule has 1 atom stereocenters. The minimum Gasteiger partial charge on any atom is -0.468 e. The summed E-state index contributed by atoms with van der Waals surface area (Å²) in [6.45, 7) is 3.16. The molecule has 1 unspecified atom stereocenters. The monoisotopic (exact) mass is 288 g/mol. The number of aliphatic hydroxyl groups is 1. The molecule has 0 radical (unpaired) electrons. The normalized spacial score (nSPS) is 12.4. The molecular formula is C12H20N2O4S. The van der Waals surface area contributed by atoms with Crippen molar-refractivity contribution >= 4 is 17.3 Å². The van der Waals surface area contributed by atoms with Crippen LogP contribution >= 0.6 is 11.3 Å². The van der Waals surface area contributed by atoms with E-state index in [4.69, 9.17) is 4.74 Å². The molecule has 0 bridgehead atoms. The van der Waals surface area contributed by atoms with Gasteiger partial charge in [0.2, 0.25) is 0 Å². The van der Waals surface area contributed by atoms with Crippen LogP contribution in [0.5, 0.6) is 0 Å². The molecule has 1 heterocycles. The standard InChI is InChI=1S/C12H20N2O4S/c1-9-11(19-8-14-9)3-4-18-7-10(15)5-13-6-12(16)17-2/h8,10,13,15H,3-7H2,1-2H3. The van der Waals surface area contributed by atoms with Crippen LogP contribution < -0.4 is 5.32 Å². The lowest BCUT2D eigenvalue weighted by atomic mass is 10.3. The number of aryl methyl sites for hydroxylation is 1. The van der Waals surface area contributed by atoms with Crippen molar-refractivity contribution in [3.05, 3.63) is 16.1 Å². The number of ether oxygens (including phenoxy) is 2. The van der Waals surface area contributed by atoms with Gasteiger partial charge in [0.05, 0.1) is 44.2 Å². The predicted octanol–water partition coefficient (Wildman–Crippen LogP) is 0.134. The first-order chi connectivity index (χ1) is 9.13. The van der Waals surface area contributed by atoms with Crippen molar-refractivity contribution in [1.82, 2.24) is 10.3 Å². The van der Waals surface area contributed by atoms with Crippen molar-refractivity contribution in [3.63, 3.8) is 0 Å². The van der Waals surface area contributed by atoms with Gasteiger partial charge in [-0.15, -0.1) is 11.3 Å². The third kappa shape index (κ3) is 6.63. The maximum atomic E-state index is 10.8. The zero-order valence-electron chi connectivity index (χ0n) is 11.2. The van der Waals surface area contributed by atoms with Crippen LogP contribution in [0.15, 0.2) is 5.51 Å². The number of nitrogens with one attached hydrogen (secondary N) is 1. The fourth-order valence-corrected chi connectivity index (χ4v) is 2.18. The highest BCUT2D eigenvalue weighted by Crippen LogP contribution is 2.12. The molecule has 0 saturated heterocycles. The van der Waals surface area contributed by atoms with Gasteiger partial charge >= 0.3 is 5.97 Å². The van der Waals surface area contributed by atoms with Gasteiger partial charge in [0.25, 0.3) is 0 Å². The van der Waals surface area contributed by atoms with Crippen LogP contribution in [0, 0.1) is 6.92 Å². The minimum absolute atomic E-state index is 0.0909. The molecule has 19 heavy (non-hydrogen) atoms. The van der Waals surface area contributed by atoms with Gasteiger partial charge in [-0.25, -0.2) is 4.98 Å². The average Bonchev–Trinajstić information content (AvgIpc) is 2.80. The summed E-state index contributed by atoms with van der Waals surface area (Å²) in [7, 11) is 1.32. The Morgan fingerprint density at radius 1 is 1.63 bits per heavy atom. The SMILES string of the molecule is COC(=O)CNCC(O)COCCc1scnc1C.